The molecule has 2 N–H and O–H groups in total. The predicted octanol–water partition coefficient (Wildman–Crippen LogP) is 3.32. The van der Waals surface area contributed by atoms with Crippen molar-refractivity contribution >= 4 is 5.91 Å². The van der Waals surface area contributed by atoms with E-state index in [0.29, 0.717) is 17.2 Å². The van der Waals surface area contributed by atoms with Gasteiger partial charge in [0.1, 0.15) is 0 Å². The SMILES string of the molecule is CC1C(N)CCCC1C(=O)N1CCC2(CCCCC2)CC1. The molecule has 3 atom stereocenters. The molecule has 0 bridgehead atoms. The molecule has 3 fully saturated rings. The van der Waals surface area contributed by atoms with Crippen LogP contribution in [0.2, 0.25) is 0 Å². The van der Waals surface area contributed by atoms with E-state index in [-0.39, 0.29) is 12.0 Å². The van der Waals surface area contributed by atoms with Gasteiger partial charge in [-0.3, -0.25) is 4.79 Å². The molecule has 3 rings (SSSR count). The smallest absolute Gasteiger partial charge is 0.226 e. The van der Waals surface area contributed by atoms with Gasteiger partial charge in [-0.2, -0.15) is 0 Å². The number of carbonyl (C=O) groups is 1. The van der Waals surface area contributed by atoms with Crippen molar-refractivity contribution in [1.29, 1.82) is 0 Å². The zero-order valence-corrected chi connectivity index (χ0v) is 13.7. The van der Waals surface area contributed by atoms with Gasteiger partial charge in [-0.25, -0.2) is 0 Å². The summed E-state index contributed by atoms with van der Waals surface area (Å²) >= 11 is 0. The van der Waals surface area contributed by atoms with Gasteiger partial charge in [0, 0.05) is 25.0 Å². The fraction of sp³-hybridized carbons (Fsp3) is 0.944. The second-order valence-electron chi connectivity index (χ2n) is 7.95. The Kier molecular flexibility index (Phi) is 4.58. The number of carbonyl (C=O) groups excluding carboxylic acids is 1. The van der Waals surface area contributed by atoms with Gasteiger partial charge < -0.3 is 10.6 Å². The molecule has 1 saturated heterocycles. The number of hydrogen-bond donors (Lipinski definition) is 1. The minimum absolute atomic E-state index is 0.189. The molecule has 1 amide bonds. The molecule has 3 nitrogen and oxygen atoms in total. The van der Waals surface area contributed by atoms with Crippen LogP contribution in [0, 0.1) is 17.3 Å². The van der Waals surface area contributed by atoms with Crippen LogP contribution in [0.4, 0.5) is 0 Å². The van der Waals surface area contributed by atoms with Crippen LogP contribution in [0.3, 0.4) is 0 Å². The average Bonchev–Trinajstić information content (AvgIpc) is 2.51. The molecule has 0 aromatic carbocycles. The molecule has 1 heterocycles. The minimum Gasteiger partial charge on any atom is -0.342 e. The Bertz CT molecular complexity index is 365. The summed E-state index contributed by atoms with van der Waals surface area (Å²) in [5.74, 6) is 0.953. The van der Waals surface area contributed by atoms with Crippen molar-refractivity contribution in [2.24, 2.45) is 23.0 Å². The van der Waals surface area contributed by atoms with E-state index < -0.39 is 0 Å². The van der Waals surface area contributed by atoms with E-state index in [1.165, 1.54) is 44.9 Å². The van der Waals surface area contributed by atoms with Crippen LogP contribution in [0.5, 0.6) is 0 Å². The summed E-state index contributed by atoms with van der Waals surface area (Å²) in [4.78, 5) is 15.0. The lowest BCUT2D eigenvalue weighted by Crippen LogP contribution is -2.50. The van der Waals surface area contributed by atoms with Crippen LogP contribution in [0.15, 0.2) is 0 Å². The van der Waals surface area contributed by atoms with Crippen LogP contribution in [-0.2, 0) is 4.79 Å². The van der Waals surface area contributed by atoms with Gasteiger partial charge in [0.15, 0.2) is 0 Å². The first-order valence-corrected chi connectivity index (χ1v) is 9.16. The van der Waals surface area contributed by atoms with Gasteiger partial charge in [-0.15, -0.1) is 0 Å². The highest BCUT2D eigenvalue weighted by Crippen LogP contribution is 2.45. The fourth-order valence-corrected chi connectivity index (χ4v) is 4.98. The summed E-state index contributed by atoms with van der Waals surface area (Å²) < 4.78 is 0. The molecule has 0 aromatic heterocycles. The third-order valence-corrected chi connectivity index (χ3v) is 6.73. The summed E-state index contributed by atoms with van der Waals surface area (Å²) in [5, 5.41) is 0. The molecular weight excluding hydrogens is 260 g/mol. The van der Waals surface area contributed by atoms with Gasteiger partial charge in [-0.05, 0) is 49.9 Å². The van der Waals surface area contributed by atoms with Crippen molar-refractivity contribution < 1.29 is 4.79 Å². The second kappa shape index (κ2) is 6.28. The first-order chi connectivity index (χ1) is 10.1. The number of nitrogens with zero attached hydrogens (tertiary/aromatic N) is 1. The summed E-state index contributed by atoms with van der Waals surface area (Å²) in [5.41, 5.74) is 6.76. The number of amides is 1. The predicted molar refractivity (Wildman–Crippen MR) is 85.8 cm³/mol. The molecule has 21 heavy (non-hydrogen) atoms. The maximum absolute atomic E-state index is 12.9. The van der Waals surface area contributed by atoms with Gasteiger partial charge in [0.25, 0.3) is 0 Å². The van der Waals surface area contributed by atoms with Gasteiger partial charge >= 0.3 is 0 Å². The van der Waals surface area contributed by atoms with Gasteiger partial charge in [-0.1, -0.05) is 32.6 Å². The summed E-state index contributed by atoms with van der Waals surface area (Å²) in [6.45, 7) is 4.17. The largest absolute Gasteiger partial charge is 0.342 e. The molecular formula is C18H32N2O. The van der Waals surface area contributed by atoms with Crippen molar-refractivity contribution in [3.63, 3.8) is 0 Å². The quantitative estimate of drug-likeness (QED) is 0.806. The summed E-state index contributed by atoms with van der Waals surface area (Å²) in [7, 11) is 0. The summed E-state index contributed by atoms with van der Waals surface area (Å²) in [6, 6.07) is 0.224. The Morgan fingerprint density at radius 2 is 1.67 bits per heavy atom. The van der Waals surface area contributed by atoms with Crippen LogP contribution in [0.1, 0.15) is 71.1 Å². The van der Waals surface area contributed by atoms with Crippen LogP contribution in [0.25, 0.3) is 0 Å². The van der Waals surface area contributed by atoms with Gasteiger partial charge in [0.2, 0.25) is 5.91 Å². The number of hydrogen-bond acceptors (Lipinski definition) is 2. The Morgan fingerprint density at radius 1 is 1.00 bits per heavy atom. The van der Waals surface area contributed by atoms with Crippen molar-refractivity contribution in [3.8, 4) is 0 Å². The average molecular weight is 292 g/mol. The van der Waals surface area contributed by atoms with Crippen molar-refractivity contribution in [3.05, 3.63) is 0 Å². The van der Waals surface area contributed by atoms with Crippen LogP contribution < -0.4 is 5.73 Å². The zero-order valence-electron chi connectivity index (χ0n) is 13.7. The second-order valence-corrected chi connectivity index (χ2v) is 7.95. The van der Waals surface area contributed by atoms with E-state index >= 15 is 0 Å². The van der Waals surface area contributed by atoms with E-state index in [0.717, 1.165) is 32.4 Å². The van der Waals surface area contributed by atoms with E-state index in [2.05, 4.69) is 11.8 Å². The van der Waals surface area contributed by atoms with E-state index in [9.17, 15) is 4.79 Å². The van der Waals surface area contributed by atoms with Crippen LogP contribution in [-0.4, -0.2) is 29.9 Å². The topological polar surface area (TPSA) is 46.3 Å². The molecule has 2 aliphatic carbocycles. The molecule has 1 aliphatic heterocycles. The third kappa shape index (κ3) is 3.13. The number of likely N-dealkylation sites (tertiary alicyclic amines) is 1. The zero-order chi connectivity index (χ0) is 14.9. The van der Waals surface area contributed by atoms with Crippen molar-refractivity contribution in [2.75, 3.05) is 13.1 Å². The number of rotatable bonds is 1. The highest BCUT2D eigenvalue weighted by atomic mass is 16.2. The van der Waals surface area contributed by atoms with E-state index in [1.54, 1.807) is 0 Å². The van der Waals surface area contributed by atoms with E-state index in [1.807, 2.05) is 0 Å². The number of nitrogens with two attached hydrogens (primary N) is 1. The maximum Gasteiger partial charge on any atom is 0.226 e. The van der Waals surface area contributed by atoms with Crippen molar-refractivity contribution in [1.82, 2.24) is 4.90 Å². The number of piperidine rings is 1. The Balaban J connectivity index is 1.57. The first kappa shape index (κ1) is 15.3. The lowest BCUT2D eigenvalue weighted by molar-refractivity contribution is -0.141. The normalized spacial score (nSPS) is 36.7. The molecule has 3 aliphatic rings. The standard InChI is InChI=1S/C18H32N2O/c1-14-15(6-5-7-16(14)19)17(21)20-12-10-18(11-13-20)8-3-2-4-9-18/h14-16H,2-13,19H2,1H3. The summed E-state index contributed by atoms with van der Waals surface area (Å²) in [6.07, 6.45) is 12.8. The van der Waals surface area contributed by atoms with E-state index in [4.69, 9.17) is 5.73 Å². The first-order valence-electron chi connectivity index (χ1n) is 9.16. The minimum atomic E-state index is 0.189. The molecule has 1 spiro atoms. The maximum atomic E-state index is 12.9. The van der Waals surface area contributed by atoms with Crippen molar-refractivity contribution in [2.45, 2.75) is 77.2 Å². The molecule has 2 saturated carbocycles. The lowest BCUT2D eigenvalue weighted by atomic mass is 9.68. The molecule has 0 radical (unpaired) electrons. The Hall–Kier alpha value is -0.570. The monoisotopic (exact) mass is 292 g/mol. The molecule has 0 aromatic rings. The Labute approximate surface area is 129 Å². The fourth-order valence-electron chi connectivity index (χ4n) is 4.98. The Morgan fingerprint density at radius 3 is 2.33 bits per heavy atom. The lowest BCUT2D eigenvalue weighted by Gasteiger charge is -2.46. The van der Waals surface area contributed by atoms with Gasteiger partial charge in [0.05, 0.1) is 0 Å². The van der Waals surface area contributed by atoms with Crippen LogP contribution >= 0.6 is 0 Å². The molecule has 120 valence electrons. The molecule has 3 unspecified atom stereocenters. The third-order valence-electron chi connectivity index (χ3n) is 6.73. The molecule has 3 heteroatoms. The highest BCUT2D eigenvalue weighted by molar-refractivity contribution is 5.79. The highest BCUT2D eigenvalue weighted by Gasteiger charge is 2.40.